The monoisotopic (exact) mass is 463 g/mol. The molecule has 168 valence electrons. The smallest absolute Gasteiger partial charge is 0.262 e. The molecule has 0 unspecified atom stereocenters. The molecule has 1 N–H and O–H groups in total. The number of hydrogen-bond acceptors (Lipinski definition) is 5. The van der Waals surface area contributed by atoms with Crippen molar-refractivity contribution in [2.75, 3.05) is 5.75 Å². The van der Waals surface area contributed by atoms with Crippen LogP contribution in [0, 0.1) is 19.7 Å². The van der Waals surface area contributed by atoms with E-state index in [2.05, 4.69) is 9.97 Å². The first-order chi connectivity index (χ1) is 15.8. The number of carbonyl (C=O) groups excluding carboxylic acids is 2. The average molecular weight is 464 g/mol. The van der Waals surface area contributed by atoms with Crippen LogP contribution < -0.4 is 5.56 Å². The molecule has 0 spiro atoms. The number of rotatable bonds is 7. The first-order valence-corrected chi connectivity index (χ1v) is 11.3. The van der Waals surface area contributed by atoms with E-state index in [1.807, 2.05) is 0 Å². The van der Waals surface area contributed by atoms with Gasteiger partial charge in [-0.3, -0.25) is 19.0 Å². The highest BCUT2D eigenvalue weighted by molar-refractivity contribution is 7.99. The van der Waals surface area contributed by atoms with Gasteiger partial charge in [-0.15, -0.1) is 0 Å². The van der Waals surface area contributed by atoms with E-state index >= 15 is 0 Å². The second kappa shape index (κ2) is 9.15. The van der Waals surface area contributed by atoms with Gasteiger partial charge in [-0.25, -0.2) is 9.37 Å². The topological polar surface area (TPSA) is 84.8 Å². The fourth-order valence-electron chi connectivity index (χ4n) is 3.93. The van der Waals surface area contributed by atoms with E-state index in [4.69, 9.17) is 0 Å². The zero-order chi connectivity index (χ0) is 23.7. The largest absolute Gasteiger partial charge is 0.355 e. The van der Waals surface area contributed by atoms with Gasteiger partial charge in [-0.2, -0.15) is 0 Å². The summed E-state index contributed by atoms with van der Waals surface area (Å²) in [5.74, 6) is -0.614. The van der Waals surface area contributed by atoms with Crippen LogP contribution in [0.5, 0.6) is 0 Å². The van der Waals surface area contributed by atoms with E-state index < -0.39 is 0 Å². The SMILES string of the molecule is CC(=O)c1c(C)[nH]c(C(=O)CSc2nc3ccccc3c(=O)n2Cc2ccc(F)cc2)c1C. The molecule has 0 radical (unpaired) electrons. The van der Waals surface area contributed by atoms with E-state index in [0.717, 1.165) is 17.3 Å². The van der Waals surface area contributed by atoms with Crippen LogP contribution in [-0.2, 0) is 6.54 Å². The summed E-state index contributed by atoms with van der Waals surface area (Å²) in [4.78, 5) is 45.7. The molecule has 0 bridgehead atoms. The summed E-state index contributed by atoms with van der Waals surface area (Å²) in [5, 5.41) is 0.862. The van der Waals surface area contributed by atoms with Gasteiger partial charge in [-0.05, 0) is 56.2 Å². The van der Waals surface area contributed by atoms with Gasteiger partial charge in [0.1, 0.15) is 5.82 Å². The number of aryl methyl sites for hydroxylation is 1. The highest BCUT2D eigenvalue weighted by atomic mass is 32.2. The number of fused-ring (bicyclic) bond motifs is 1. The number of thioether (sulfide) groups is 1. The lowest BCUT2D eigenvalue weighted by Gasteiger charge is -2.13. The van der Waals surface area contributed by atoms with Gasteiger partial charge in [0.2, 0.25) is 0 Å². The Bertz CT molecular complexity index is 1440. The van der Waals surface area contributed by atoms with Crippen molar-refractivity contribution in [1.82, 2.24) is 14.5 Å². The van der Waals surface area contributed by atoms with Crippen LogP contribution in [0.3, 0.4) is 0 Å². The van der Waals surface area contributed by atoms with E-state index in [0.29, 0.717) is 38.6 Å². The fourth-order valence-corrected chi connectivity index (χ4v) is 4.80. The second-order valence-electron chi connectivity index (χ2n) is 7.82. The molecule has 8 heteroatoms. The Morgan fingerprint density at radius 2 is 1.79 bits per heavy atom. The van der Waals surface area contributed by atoms with Gasteiger partial charge in [0.15, 0.2) is 16.7 Å². The Labute approximate surface area is 193 Å². The van der Waals surface area contributed by atoms with Crippen molar-refractivity contribution in [3.8, 4) is 0 Å². The molecule has 0 saturated heterocycles. The van der Waals surface area contributed by atoms with Crippen molar-refractivity contribution in [3.05, 3.63) is 92.8 Å². The van der Waals surface area contributed by atoms with Crippen LogP contribution in [0.25, 0.3) is 10.9 Å². The van der Waals surface area contributed by atoms with E-state index in [9.17, 15) is 18.8 Å². The second-order valence-corrected chi connectivity index (χ2v) is 8.76. The normalized spacial score (nSPS) is 11.2. The molecule has 6 nitrogen and oxygen atoms in total. The molecular formula is C25H22FN3O3S. The molecule has 0 aliphatic carbocycles. The number of benzene rings is 2. The van der Waals surface area contributed by atoms with Gasteiger partial charge in [0.05, 0.1) is 28.9 Å². The van der Waals surface area contributed by atoms with Gasteiger partial charge in [0, 0.05) is 11.3 Å². The van der Waals surface area contributed by atoms with E-state index in [1.165, 1.54) is 23.6 Å². The lowest BCUT2D eigenvalue weighted by Crippen LogP contribution is -2.24. The molecule has 2 aromatic heterocycles. The van der Waals surface area contributed by atoms with Crippen LogP contribution in [0.15, 0.2) is 58.5 Å². The van der Waals surface area contributed by atoms with Crippen LogP contribution >= 0.6 is 11.8 Å². The highest BCUT2D eigenvalue weighted by Gasteiger charge is 2.21. The first kappa shape index (κ1) is 22.7. The quantitative estimate of drug-likeness (QED) is 0.244. The molecule has 2 aromatic carbocycles. The Hall–Kier alpha value is -3.52. The van der Waals surface area contributed by atoms with Crippen LogP contribution in [0.4, 0.5) is 4.39 Å². The molecule has 33 heavy (non-hydrogen) atoms. The summed E-state index contributed by atoms with van der Waals surface area (Å²) in [6.45, 7) is 5.18. The van der Waals surface area contributed by atoms with Gasteiger partial charge in [-0.1, -0.05) is 36.0 Å². The molecule has 0 fully saturated rings. The van der Waals surface area contributed by atoms with E-state index in [1.54, 1.807) is 50.2 Å². The number of aromatic nitrogens is 3. The summed E-state index contributed by atoms with van der Waals surface area (Å²) < 4.78 is 14.8. The maximum atomic E-state index is 13.3. The summed E-state index contributed by atoms with van der Waals surface area (Å²) >= 11 is 1.16. The van der Waals surface area contributed by atoms with Crippen molar-refractivity contribution in [2.24, 2.45) is 0 Å². The van der Waals surface area contributed by atoms with Crippen molar-refractivity contribution >= 4 is 34.2 Å². The Balaban J connectivity index is 1.69. The number of para-hydroxylation sites is 1. The number of ketones is 2. The lowest BCUT2D eigenvalue weighted by molar-refractivity contribution is 0.101. The molecule has 0 amide bonds. The van der Waals surface area contributed by atoms with Crippen molar-refractivity contribution in [2.45, 2.75) is 32.5 Å². The number of hydrogen-bond donors (Lipinski definition) is 1. The number of H-pyrrole nitrogens is 1. The predicted octanol–water partition coefficient (Wildman–Crippen LogP) is 4.71. The summed E-state index contributed by atoms with van der Waals surface area (Å²) in [6.07, 6.45) is 0. The molecule has 4 rings (SSSR count). The standard InChI is InChI=1S/C25H22FN3O3S/c1-14-22(16(3)30)15(2)27-23(14)21(31)13-33-25-28-20-7-5-4-6-19(20)24(32)29(25)12-17-8-10-18(26)11-9-17/h4-11,27H,12-13H2,1-3H3. The molecular weight excluding hydrogens is 441 g/mol. The maximum Gasteiger partial charge on any atom is 0.262 e. The molecule has 0 aliphatic rings. The lowest BCUT2D eigenvalue weighted by atomic mass is 10.1. The fraction of sp³-hybridized carbons (Fsp3) is 0.200. The average Bonchev–Trinajstić information content (AvgIpc) is 3.09. The van der Waals surface area contributed by atoms with Gasteiger partial charge >= 0.3 is 0 Å². The minimum atomic E-state index is -0.357. The number of aromatic amines is 1. The minimum Gasteiger partial charge on any atom is -0.355 e. The number of nitrogens with one attached hydrogen (secondary N) is 1. The summed E-state index contributed by atoms with van der Waals surface area (Å²) in [6, 6.07) is 12.9. The maximum absolute atomic E-state index is 13.3. The van der Waals surface area contributed by atoms with E-state index in [-0.39, 0.29) is 35.2 Å². The third kappa shape index (κ3) is 4.52. The Kier molecular flexibility index (Phi) is 6.29. The number of Topliss-reactive ketones (excluding diaryl/α,β-unsaturated/α-hetero) is 2. The summed E-state index contributed by atoms with van der Waals surface area (Å²) in [7, 11) is 0. The van der Waals surface area contributed by atoms with Crippen molar-refractivity contribution < 1.29 is 14.0 Å². The predicted molar refractivity (Wildman–Crippen MR) is 127 cm³/mol. The Morgan fingerprint density at radius 3 is 2.45 bits per heavy atom. The third-order valence-electron chi connectivity index (χ3n) is 5.48. The van der Waals surface area contributed by atoms with Crippen LogP contribution in [0.2, 0.25) is 0 Å². The first-order valence-electron chi connectivity index (χ1n) is 10.4. The Morgan fingerprint density at radius 1 is 1.09 bits per heavy atom. The van der Waals surface area contributed by atoms with Gasteiger partial charge in [0.25, 0.3) is 5.56 Å². The molecule has 0 aliphatic heterocycles. The molecule has 0 atom stereocenters. The third-order valence-corrected chi connectivity index (χ3v) is 6.46. The van der Waals surface area contributed by atoms with Crippen LogP contribution in [-0.4, -0.2) is 31.9 Å². The molecule has 2 heterocycles. The zero-order valence-corrected chi connectivity index (χ0v) is 19.3. The zero-order valence-electron chi connectivity index (χ0n) is 18.4. The number of carbonyl (C=O) groups is 2. The number of nitrogens with zero attached hydrogens (tertiary/aromatic N) is 2. The van der Waals surface area contributed by atoms with Crippen molar-refractivity contribution in [3.63, 3.8) is 0 Å². The van der Waals surface area contributed by atoms with Crippen LogP contribution in [0.1, 0.15) is 44.6 Å². The molecule has 0 saturated carbocycles. The van der Waals surface area contributed by atoms with Gasteiger partial charge < -0.3 is 4.98 Å². The molecule has 4 aromatic rings. The number of halogens is 1. The minimum absolute atomic E-state index is 0.0341. The summed E-state index contributed by atoms with van der Waals surface area (Å²) in [5.41, 5.74) is 3.25. The highest BCUT2D eigenvalue weighted by Crippen LogP contribution is 2.23. The van der Waals surface area contributed by atoms with Crippen molar-refractivity contribution in [1.29, 1.82) is 0 Å².